The molecule has 13 heavy (non-hydrogen) atoms. The summed E-state index contributed by atoms with van der Waals surface area (Å²) in [5.74, 6) is -2.37. The first kappa shape index (κ1) is 11.9. The second-order valence-electron chi connectivity index (χ2n) is 2.66. The van der Waals surface area contributed by atoms with Crippen LogP contribution in [0.25, 0.3) is 0 Å². The molecule has 0 rings (SSSR count). The van der Waals surface area contributed by atoms with E-state index in [9.17, 15) is 9.59 Å². The van der Waals surface area contributed by atoms with Crippen molar-refractivity contribution in [1.29, 1.82) is 0 Å². The zero-order valence-electron chi connectivity index (χ0n) is 7.30. The summed E-state index contributed by atoms with van der Waals surface area (Å²) in [6.07, 6.45) is -0.466. The van der Waals surface area contributed by atoms with Crippen molar-refractivity contribution in [2.45, 2.75) is 12.5 Å². The van der Waals surface area contributed by atoms with Gasteiger partial charge in [0.2, 0.25) is 0 Å². The van der Waals surface area contributed by atoms with E-state index in [-0.39, 0.29) is 13.2 Å². The lowest BCUT2D eigenvalue weighted by atomic mass is 10.2. The molecular weight excluding hydrogens is 178 g/mol. The van der Waals surface area contributed by atoms with Crippen LogP contribution in [0.15, 0.2) is 0 Å². The SMILES string of the molecule is CN(CCO)C(CC(=O)O)C(=O)O. The number of carboxylic acid groups (broad SMARTS) is 2. The number of rotatable bonds is 6. The molecule has 1 atom stereocenters. The highest BCUT2D eigenvalue weighted by molar-refractivity contribution is 5.80. The molecule has 0 aliphatic rings. The average Bonchev–Trinajstić information content (AvgIpc) is 1.99. The van der Waals surface area contributed by atoms with Crippen molar-refractivity contribution < 1.29 is 24.9 Å². The van der Waals surface area contributed by atoms with E-state index in [0.29, 0.717) is 0 Å². The van der Waals surface area contributed by atoms with Gasteiger partial charge in [-0.25, -0.2) is 0 Å². The van der Waals surface area contributed by atoms with Gasteiger partial charge in [0, 0.05) is 6.54 Å². The average molecular weight is 191 g/mol. The Balaban J connectivity index is 4.23. The molecule has 0 saturated carbocycles. The van der Waals surface area contributed by atoms with Crippen LogP contribution >= 0.6 is 0 Å². The van der Waals surface area contributed by atoms with Crippen LogP contribution in [0.5, 0.6) is 0 Å². The molecule has 6 heteroatoms. The van der Waals surface area contributed by atoms with Crippen molar-refractivity contribution >= 4 is 11.9 Å². The van der Waals surface area contributed by atoms with Crippen molar-refractivity contribution in [3.8, 4) is 0 Å². The molecule has 0 aliphatic carbocycles. The lowest BCUT2D eigenvalue weighted by Gasteiger charge is -2.21. The Morgan fingerprint density at radius 1 is 1.38 bits per heavy atom. The van der Waals surface area contributed by atoms with Crippen LogP contribution in [0.4, 0.5) is 0 Å². The second-order valence-corrected chi connectivity index (χ2v) is 2.66. The largest absolute Gasteiger partial charge is 0.481 e. The van der Waals surface area contributed by atoms with Crippen LogP contribution < -0.4 is 0 Å². The predicted molar refractivity (Wildman–Crippen MR) is 43.4 cm³/mol. The number of carboxylic acids is 2. The molecule has 0 fully saturated rings. The number of likely N-dealkylation sites (N-methyl/N-ethyl adjacent to an activating group) is 1. The first-order chi connectivity index (χ1) is 5.99. The van der Waals surface area contributed by atoms with Crippen LogP contribution in [0, 0.1) is 0 Å². The van der Waals surface area contributed by atoms with E-state index in [1.807, 2.05) is 0 Å². The standard InChI is InChI=1S/C7H13NO5/c1-8(2-3-9)5(7(12)13)4-6(10)11/h5,9H,2-4H2,1H3,(H,10,11)(H,12,13). The molecule has 0 bridgehead atoms. The van der Waals surface area contributed by atoms with Gasteiger partial charge in [0.25, 0.3) is 0 Å². The lowest BCUT2D eigenvalue weighted by molar-refractivity contribution is -0.149. The molecule has 6 nitrogen and oxygen atoms in total. The Hall–Kier alpha value is -1.14. The van der Waals surface area contributed by atoms with E-state index in [4.69, 9.17) is 15.3 Å². The zero-order valence-corrected chi connectivity index (χ0v) is 7.30. The fourth-order valence-electron chi connectivity index (χ4n) is 0.911. The molecule has 3 N–H and O–H groups in total. The molecule has 0 aromatic carbocycles. The maximum Gasteiger partial charge on any atom is 0.321 e. The van der Waals surface area contributed by atoms with E-state index in [1.54, 1.807) is 0 Å². The molecule has 0 aliphatic heterocycles. The van der Waals surface area contributed by atoms with Gasteiger partial charge in [0.05, 0.1) is 13.0 Å². The van der Waals surface area contributed by atoms with Crippen molar-refractivity contribution in [2.24, 2.45) is 0 Å². The summed E-state index contributed by atoms with van der Waals surface area (Å²) in [6, 6.07) is -1.08. The normalized spacial score (nSPS) is 12.8. The Labute approximate surface area is 75.4 Å². The highest BCUT2D eigenvalue weighted by Crippen LogP contribution is 2.01. The highest BCUT2D eigenvalue weighted by atomic mass is 16.4. The quantitative estimate of drug-likeness (QED) is 0.489. The minimum atomic E-state index is -1.20. The van der Waals surface area contributed by atoms with Gasteiger partial charge in [0.1, 0.15) is 6.04 Å². The summed E-state index contributed by atoms with van der Waals surface area (Å²) in [6.45, 7) is -0.0514. The number of aliphatic carboxylic acids is 2. The first-order valence-electron chi connectivity index (χ1n) is 3.74. The Morgan fingerprint density at radius 3 is 2.23 bits per heavy atom. The molecule has 0 aromatic rings. The van der Waals surface area contributed by atoms with Gasteiger partial charge in [-0.15, -0.1) is 0 Å². The number of aliphatic hydroxyl groups is 1. The van der Waals surface area contributed by atoms with Crippen LogP contribution in [-0.4, -0.2) is 58.4 Å². The van der Waals surface area contributed by atoms with E-state index in [2.05, 4.69) is 0 Å². The van der Waals surface area contributed by atoms with Gasteiger partial charge in [-0.05, 0) is 7.05 Å². The molecule has 0 radical (unpaired) electrons. The Kier molecular flexibility index (Phi) is 5.01. The van der Waals surface area contributed by atoms with Crippen molar-refractivity contribution in [1.82, 2.24) is 4.90 Å². The molecule has 0 spiro atoms. The second kappa shape index (κ2) is 5.50. The minimum absolute atomic E-state index is 0.143. The van der Waals surface area contributed by atoms with E-state index in [0.717, 1.165) is 0 Å². The molecule has 76 valence electrons. The maximum atomic E-state index is 10.6. The topological polar surface area (TPSA) is 98.1 Å². The highest BCUT2D eigenvalue weighted by Gasteiger charge is 2.24. The fraction of sp³-hybridized carbons (Fsp3) is 0.714. The fourth-order valence-corrected chi connectivity index (χ4v) is 0.911. The third-order valence-electron chi connectivity index (χ3n) is 1.64. The zero-order chi connectivity index (χ0) is 10.4. The smallest absolute Gasteiger partial charge is 0.321 e. The number of hydrogen-bond acceptors (Lipinski definition) is 4. The van der Waals surface area contributed by atoms with Gasteiger partial charge in [0.15, 0.2) is 0 Å². The van der Waals surface area contributed by atoms with Crippen LogP contribution in [0.2, 0.25) is 0 Å². The summed E-state index contributed by atoms with van der Waals surface area (Å²) in [5.41, 5.74) is 0. The summed E-state index contributed by atoms with van der Waals surface area (Å²) >= 11 is 0. The summed E-state index contributed by atoms with van der Waals surface area (Å²) in [7, 11) is 1.46. The van der Waals surface area contributed by atoms with Crippen molar-refractivity contribution in [3.63, 3.8) is 0 Å². The number of hydrogen-bond donors (Lipinski definition) is 3. The van der Waals surface area contributed by atoms with Gasteiger partial charge < -0.3 is 15.3 Å². The molecule has 0 saturated heterocycles. The number of aliphatic hydroxyl groups excluding tert-OH is 1. The van der Waals surface area contributed by atoms with E-state index < -0.39 is 24.4 Å². The summed E-state index contributed by atoms with van der Waals surface area (Å²) in [4.78, 5) is 22.1. The van der Waals surface area contributed by atoms with E-state index in [1.165, 1.54) is 11.9 Å². The first-order valence-corrected chi connectivity index (χ1v) is 3.74. The summed E-state index contributed by atoms with van der Waals surface area (Å²) < 4.78 is 0. The molecule has 0 aromatic heterocycles. The lowest BCUT2D eigenvalue weighted by Crippen LogP contribution is -2.41. The molecule has 1 unspecified atom stereocenters. The van der Waals surface area contributed by atoms with E-state index >= 15 is 0 Å². The van der Waals surface area contributed by atoms with Crippen molar-refractivity contribution in [3.05, 3.63) is 0 Å². The predicted octanol–water partition coefficient (Wildman–Crippen LogP) is -1.16. The Bertz CT molecular complexity index is 193. The van der Waals surface area contributed by atoms with Gasteiger partial charge in [-0.1, -0.05) is 0 Å². The van der Waals surface area contributed by atoms with Crippen LogP contribution in [0.3, 0.4) is 0 Å². The van der Waals surface area contributed by atoms with Gasteiger partial charge in [-0.2, -0.15) is 0 Å². The number of nitrogens with zero attached hydrogens (tertiary/aromatic N) is 1. The van der Waals surface area contributed by atoms with Crippen LogP contribution in [0.1, 0.15) is 6.42 Å². The Morgan fingerprint density at radius 2 is 1.92 bits per heavy atom. The molecule has 0 heterocycles. The number of carbonyl (C=O) groups is 2. The van der Waals surface area contributed by atoms with Gasteiger partial charge >= 0.3 is 11.9 Å². The maximum absolute atomic E-state index is 10.6. The van der Waals surface area contributed by atoms with Gasteiger partial charge in [-0.3, -0.25) is 14.5 Å². The minimum Gasteiger partial charge on any atom is -0.481 e. The third-order valence-corrected chi connectivity index (χ3v) is 1.64. The molecule has 0 amide bonds. The van der Waals surface area contributed by atoms with Crippen molar-refractivity contribution in [2.75, 3.05) is 20.2 Å². The summed E-state index contributed by atoms with van der Waals surface area (Å²) in [5, 5.41) is 25.5. The monoisotopic (exact) mass is 191 g/mol. The molecular formula is C7H13NO5. The van der Waals surface area contributed by atoms with Crippen LogP contribution in [-0.2, 0) is 9.59 Å². The third kappa shape index (κ3) is 4.44.